The maximum atomic E-state index is 14.0. The molecule has 0 aromatic heterocycles. The molecule has 1 aromatic carbocycles. The fourth-order valence-corrected chi connectivity index (χ4v) is 2.83. The molecule has 1 N–H and O–H groups in total. The van der Waals surface area contributed by atoms with Crippen molar-refractivity contribution in [2.75, 3.05) is 32.8 Å². The van der Waals surface area contributed by atoms with Gasteiger partial charge < -0.3 is 15.0 Å². The fourth-order valence-electron chi connectivity index (χ4n) is 2.83. The normalized spacial score (nSPS) is 20.0. The van der Waals surface area contributed by atoms with Crippen LogP contribution in [0.4, 0.5) is 8.78 Å². The molecule has 1 saturated heterocycles. The lowest BCUT2D eigenvalue weighted by atomic mass is 10.0. The Balaban J connectivity index is 1.65. The van der Waals surface area contributed by atoms with Crippen molar-refractivity contribution in [3.63, 3.8) is 0 Å². The molecule has 1 aliphatic heterocycles. The van der Waals surface area contributed by atoms with Crippen LogP contribution in [-0.2, 0) is 9.53 Å². The summed E-state index contributed by atoms with van der Waals surface area (Å²) in [6, 6.07) is 3.18. The summed E-state index contributed by atoms with van der Waals surface area (Å²) in [6.45, 7) is 2.41. The number of nitrogens with one attached hydrogen (secondary N) is 1. The van der Waals surface area contributed by atoms with Crippen molar-refractivity contribution in [3.05, 3.63) is 35.4 Å². The molecule has 3 rings (SSSR count). The Hall–Kier alpha value is -1.53. The molecule has 0 radical (unpaired) electrons. The van der Waals surface area contributed by atoms with Crippen molar-refractivity contribution in [2.45, 2.75) is 18.9 Å². The number of carbonyl (C=O) groups is 1. The number of carbonyl (C=O) groups excluding carboxylic acids is 1. The Bertz CT molecular complexity index is 543. The summed E-state index contributed by atoms with van der Waals surface area (Å²) < 4.78 is 32.6. The summed E-state index contributed by atoms with van der Waals surface area (Å²) in [5.74, 6) is -0.632. The number of ether oxygens (including phenoxy) is 1. The number of halogens is 2. The summed E-state index contributed by atoms with van der Waals surface area (Å²) in [5, 5.41) is 3.12. The minimum absolute atomic E-state index is 0.0224. The van der Waals surface area contributed by atoms with Gasteiger partial charge in [0.15, 0.2) is 0 Å². The van der Waals surface area contributed by atoms with Gasteiger partial charge in [-0.05, 0) is 37.0 Å². The van der Waals surface area contributed by atoms with Crippen molar-refractivity contribution in [2.24, 2.45) is 5.92 Å². The number of nitrogens with zero attached hydrogens (tertiary/aromatic N) is 1. The quantitative estimate of drug-likeness (QED) is 0.903. The first kappa shape index (κ1) is 15.4. The first-order chi connectivity index (χ1) is 10.6. The Labute approximate surface area is 128 Å². The maximum absolute atomic E-state index is 14.0. The van der Waals surface area contributed by atoms with Gasteiger partial charge in [0.2, 0.25) is 5.91 Å². The zero-order chi connectivity index (χ0) is 15.5. The molecule has 0 bridgehead atoms. The van der Waals surface area contributed by atoms with E-state index in [0.29, 0.717) is 31.9 Å². The molecular formula is C16H20F2N2O2. The number of hydrogen-bond acceptors (Lipinski definition) is 3. The molecule has 0 spiro atoms. The van der Waals surface area contributed by atoms with E-state index in [2.05, 4.69) is 5.32 Å². The molecule has 4 nitrogen and oxygen atoms in total. The summed E-state index contributed by atoms with van der Waals surface area (Å²) in [6.07, 6.45) is 1.94. The third kappa shape index (κ3) is 3.62. The van der Waals surface area contributed by atoms with E-state index in [0.717, 1.165) is 25.0 Å². The van der Waals surface area contributed by atoms with Crippen LogP contribution in [0.25, 0.3) is 0 Å². The highest BCUT2D eigenvalue weighted by molar-refractivity contribution is 5.78. The number of rotatable bonds is 5. The average Bonchev–Trinajstić information content (AvgIpc) is 3.36. The van der Waals surface area contributed by atoms with E-state index in [4.69, 9.17) is 4.74 Å². The van der Waals surface area contributed by atoms with E-state index in [9.17, 15) is 13.6 Å². The van der Waals surface area contributed by atoms with Crippen LogP contribution >= 0.6 is 0 Å². The van der Waals surface area contributed by atoms with Crippen molar-refractivity contribution in [3.8, 4) is 0 Å². The van der Waals surface area contributed by atoms with Gasteiger partial charge in [-0.3, -0.25) is 4.79 Å². The summed E-state index contributed by atoms with van der Waals surface area (Å²) >= 11 is 0. The van der Waals surface area contributed by atoms with Crippen molar-refractivity contribution in [1.29, 1.82) is 0 Å². The van der Waals surface area contributed by atoms with E-state index in [1.54, 1.807) is 4.90 Å². The van der Waals surface area contributed by atoms with Crippen LogP contribution in [0.5, 0.6) is 0 Å². The number of hydrogen-bond donors (Lipinski definition) is 1. The number of amides is 1. The van der Waals surface area contributed by atoms with Crippen molar-refractivity contribution >= 4 is 5.91 Å². The first-order valence-corrected chi connectivity index (χ1v) is 7.69. The first-order valence-electron chi connectivity index (χ1n) is 7.69. The van der Waals surface area contributed by atoms with Crippen LogP contribution in [0, 0.1) is 17.6 Å². The van der Waals surface area contributed by atoms with Gasteiger partial charge in [-0.1, -0.05) is 0 Å². The van der Waals surface area contributed by atoms with E-state index >= 15 is 0 Å². The lowest BCUT2D eigenvalue weighted by molar-refractivity contribution is -0.134. The molecule has 0 unspecified atom stereocenters. The maximum Gasteiger partial charge on any atom is 0.236 e. The smallest absolute Gasteiger partial charge is 0.236 e. The molecular weight excluding hydrogens is 290 g/mol. The molecule has 6 heteroatoms. The van der Waals surface area contributed by atoms with Gasteiger partial charge in [-0.25, -0.2) is 8.78 Å². The lowest BCUT2D eigenvalue weighted by Gasteiger charge is -2.28. The van der Waals surface area contributed by atoms with Gasteiger partial charge >= 0.3 is 0 Å². The van der Waals surface area contributed by atoms with Crippen LogP contribution in [0.15, 0.2) is 18.2 Å². The van der Waals surface area contributed by atoms with Crippen LogP contribution in [0.2, 0.25) is 0 Å². The lowest BCUT2D eigenvalue weighted by Crippen LogP contribution is -2.45. The second kappa shape index (κ2) is 6.71. The fraction of sp³-hybridized carbons (Fsp3) is 0.562. The van der Waals surface area contributed by atoms with Gasteiger partial charge in [0.05, 0.1) is 19.8 Å². The molecule has 2 fully saturated rings. The Morgan fingerprint density at radius 1 is 1.32 bits per heavy atom. The third-order valence-electron chi connectivity index (χ3n) is 4.22. The van der Waals surface area contributed by atoms with E-state index in [1.807, 2.05) is 0 Å². The molecule has 22 heavy (non-hydrogen) atoms. The van der Waals surface area contributed by atoms with Crippen molar-refractivity contribution in [1.82, 2.24) is 10.2 Å². The predicted molar refractivity (Wildman–Crippen MR) is 77.2 cm³/mol. The van der Waals surface area contributed by atoms with Crippen LogP contribution < -0.4 is 5.32 Å². The highest BCUT2D eigenvalue weighted by Gasteiger charge is 2.34. The third-order valence-corrected chi connectivity index (χ3v) is 4.22. The van der Waals surface area contributed by atoms with Crippen LogP contribution in [0.1, 0.15) is 24.4 Å². The summed E-state index contributed by atoms with van der Waals surface area (Å²) in [4.78, 5) is 13.9. The number of benzene rings is 1. The monoisotopic (exact) mass is 310 g/mol. The largest absolute Gasteiger partial charge is 0.378 e. The minimum atomic E-state index is -0.455. The van der Waals surface area contributed by atoms with Crippen LogP contribution in [-0.4, -0.2) is 43.7 Å². The highest BCUT2D eigenvalue weighted by atomic mass is 19.1. The minimum Gasteiger partial charge on any atom is -0.378 e. The van der Waals surface area contributed by atoms with Gasteiger partial charge in [0, 0.05) is 24.7 Å². The standard InChI is InChI=1S/C16H20F2N2O2/c17-12-3-4-14(18)13(9-12)16(11-1-2-11)19-10-15(21)20-5-7-22-8-6-20/h3-4,9,11,16,19H,1-2,5-8,10H2/t16-/m0/s1. The molecule has 1 atom stereocenters. The van der Waals surface area contributed by atoms with E-state index in [-0.39, 0.29) is 24.4 Å². The topological polar surface area (TPSA) is 41.6 Å². The van der Waals surface area contributed by atoms with Gasteiger partial charge in [-0.15, -0.1) is 0 Å². The Kier molecular flexibility index (Phi) is 4.69. The zero-order valence-corrected chi connectivity index (χ0v) is 12.4. The van der Waals surface area contributed by atoms with E-state index in [1.165, 1.54) is 6.07 Å². The van der Waals surface area contributed by atoms with E-state index < -0.39 is 11.6 Å². The van der Waals surface area contributed by atoms with Gasteiger partial charge in [-0.2, -0.15) is 0 Å². The molecule has 1 saturated carbocycles. The Morgan fingerprint density at radius 2 is 2.05 bits per heavy atom. The highest BCUT2D eigenvalue weighted by Crippen LogP contribution is 2.41. The molecule has 1 heterocycles. The summed E-state index contributed by atoms with van der Waals surface area (Å²) in [7, 11) is 0. The molecule has 120 valence electrons. The van der Waals surface area contributed by atoms with Gasteiger partial charge in [0.1, 0.15) is 11.6 Å². The number of morpholine rings is 1. The molecule has 1 amide bonds. The Morgan fingerprint density at radius 3 is 2.73 bits per heavy atom. The van der Waals surface area contributed by atoms with Crippen LogP contribution in [0.3, 0.4) is 0 Å². The second-order valence-corrected chi connectivity index (χ2v) is 5.85. The summed E-state index contributed by atoms with van der Waals surface area (Å²) in [5.41, 5.74) is 0.317. The SMILES string of the molecule is O=C(CN[C@H](c1cc(F)ccc1F)C1CC1)N1CCOCC1. The molecule has 2 aliphatic rings. The van der Waals surface area contributed by atoms with Gasteiger partial charge in [0.25, 0.3) is 0 Å². The molecule has 1 aliphatic carbocycles. The average molecular weight is 310 g/mol. The predicted octanol–water partition coefficient (Wildman–Crippen LogP) is 1.86. The molecule has 1 aromatic rings. The second-order valence-electron chi connectivity index (χ2n) is 5.85. The van der Waals surface area contributed by atoms with Crippen molar-refractivity contribution < 1.29 is 18.3 Å². The zero-order valence-electron chi connectivity index (χ0n) is 12.4.